The summed E-state index contributed by atoms with van der Waals surface area (Å²) in [5.74, 6) is 3.93. The molecule has 1 aliphatic heterocycles. The highest BCUT2D eigenvalue weighted by molar-refractivity contribution is 5.68. The molecule has 3 aromatic rings. The fourth-order valence-corrected chi connectivity index (χ4v) is 3.28. The molecule has 138 valence electrons. The number of hydrogen-bond acceptors (Lipinski definition) is 6. The maximum atomic E-state index is 5.54. The molecule has 0 spiro atoms. The normalized spacial score (nSPS) is 16.0. The zero-order chi connectivity index (χ0) is 18.2. The molecule has 0 saturated heterocycles. The number of H-pyrrole nitrogens is 1. The first-order chi connectivity index (χ1) is 13.3. The molecule has 2 N–H and O–H groups in total. The molecule has 1 aliphatic carbocycles. The van der Waals surface area contributed by atoms with Gasteiger partial charge in [0, 0.05) is 54.2 Å². The fourth-order valence-electron chi connectivity index (χ4n) is 3.28. The van der Waals surface area contributed by atoms with Crippen molar-refractivity contribution in [2.75, 3.05) is 16.8 Å². The molecule has 0 atom stereocenters. The second-order valence-corrected chi connectivity index (χ2v) is 6.75. The van der Waals surface area contributed by atoms with E-state index >= 15 is 0 Å². The minimum atomic E-state index is 0.589. The van der Waals surface area contributed by atoms with Crippen LogP contribution in [0.2, 0.25) is 0 Å². The molecule has 8 heteroatoms. The SMILES string of the molecule is CCOc1cc(N2C=C(Nc3cc(C4CC4)[nH]n3)n3ccnc3C2)ccn1. The van der Waals surface area contributed by atoms with Crippen LogP contribution in [0.25, 0.3) is 5.82 Å². The topological polar surface area (TPSA) is 83.9 Å². The van der Waals surface area contributed by atoms with Crippen molar-refractivity contribution in [2.45, 2.75) is 32.2 Å². The van der Waals surface area contributed by atoms with Crippen LogP contribution in [0.5, 0.6) is 5.88 Å². The van der Waals surface area contributed by atoms with Crippen LogP contribution in [-0.4, -0.2) is 31.3 Å². The highest BCUT2D eigenvalue weighted by Crippen LogP contribution is 2.39. The van der Waals surface area contributed by atoms with Crippen LogP contribution in [-0.2, 0) is 6.54 Å². The monoisotopic (exact) mass is 363 g/mol. The molecule has 4 heterocycles. The van der Waals surface area contributed by atoms with Crippen LogP contribution in [0, 0.1) is 0 Å². The lowest BCUT2D eigenvalue weighted by molar-refractivity contribution is 0.327. The molecule has 8 nitrogen and oxygen atoms in total. The maximum absolute atomic E-state index is 5.54. The molecule has 1 saturated carbocycles. The van der Waals surface area contributed by atoms with Crippen molar-refractivity contribution >= 4 is 17.3 Å². The van der Waals surface area contributed by atoms with Crippen molar-refractivity contribution in [2.24, 2.45) is 0 Å². The quantitative estimate of drug-likeness (QED) is 0.700. The summed E-state index contributed by atoms with van der Waals surface area (Å²) >= 11 is 0. The van der Waals surface area contributed by atoms with Gasteiger partial charge in [-0.25, -0.2) is 9.97 Å². The number of hydrogen-bond donors (Lipinski definition) is 2. The van der Waals surface area contributed by atoms with E-state index in [0.717, 1.165) is 23.2 Å². The van der Waals surface area contributed by atoms with Gasteiger partial charge in [-0.15, -0.1) is 0 Å². The number of imidazole rings is 1. The van der Waals surface area contributed by atoms with Gasteiger partial charge in [-0.1, -0.05) is 0 Å². The second kappa shape index (κ2) is 6.46. The Bertz CT molecular complexity index is 985. The van der Waals surface area contributed by atoms with Crippen molar-refractivity contribution in [3.8, 4) is 5.88 Å². The van der Waals surface area contributed by atoms with Crippen LogP contribution < -0.4 is 15.0 Å². The van der Waals surface area contributed by atoms with Gasteiger partial charge in [0.1, 0.15) is 11.6 Å². The lowest BCUT2D eigenvalue weighted by atomic mass is 10.3. The number of rotatable bonds is 6. The molecule has 5 rings (SSSR count). The maximum Gasteiger partial charge on any atom is 0.215 e. The Morgan fingerprint density at radius 2 is 2.19 bits per heavy atom. The average Bonchev–Trinajstić information content (AvgIpc) is 3.23. The first-order valence-electron chi connectivity index (χ1n) is 9.22. The Balaban J connectivity index is 1.45. The zero-order valence-electron chi connectivity index (χ0n) is 15.1. The highest BCUT2D eigenvalue weighted by atomic mass is 16.5. The van der Waals surface area contributed by atoms with Crippen LogP contribution in [0.15, 0.2) is 43.0 Å². The summed E-state index contributed by atoms with van der Waals surface area (Å²) in [6.45, 7) is 3.21. The lowest BCUT2D eigenvalue weighted by Gasteiger charge is -2.28. The van der Waals surface area contributed by atoms with E-state index < -0.39 is 0 Å². The van der Waals surface area contributed by atoms with Crippen molar-refractivity contribution < 1.29 is 4.74 Å². The van der Waals surface area contributed by atoms with Crippen molar-refractivity contribution in [3.63, 3.8) is 0 Å². The van der Waals surface area contributed by atoms with Gasteiger partial charge in [0.2, 0.25) is 5.88 Å². The van der Waals surface area contributed by atoms with Gasteiger partial charge < -0.3 is 15.0 Å². The fraction of sp³-hybridized carbons (Fsp3) is 0.316. The number of anilines is 2. The number of ether oxygens (including phenoxy) is 1. The third-order valence-corrected chi connectivity index (χ3v) is 4.78. The summed E-state index contributed by atoms with van der Waals surface area (Å²) in [4.78, 5) is 10.9. The van der Waals surface area contributed by atoms with Crippen molar-refractivity contribution in [1.82, 2.24) is 24.7 Å². The summed E-state index contributed by atoms with van der Waals surface area (Å²) in [7, 11) is 0. The average molecular weight is 363 g/mol. The van der Waals surface area contributed by atoms with Gasteiger partial charge in [0.05, 0.1) is 13.2 Å². The van der Waals surface area contributed by atoms with E-state index in [4.69, 9.17) is 4.74 Å². The van der Waals surface area contributed by atoms with E-state index in [1.807, 2.05) is 36.0 Å². The Morgan fingerprint density at radius 3 is 3.04 bits per heavy atom. The highest BCUT2D eigenvalue weighted by Gasteiger charge is 2.26. The zero-order valence-corrected chi connectivity index (χ0v) is 15.1. The number of aromatic amines is 1. The molecule has 27 heavy (non-hydrogen) atoms. The Hall–Kier alpha value is -3.29. The molecular formula is C19H21N7O. The minimum Gasteiger partial charge on any atom is -0.478 e. The van der Waals surface area contributed by atoms with Gasteiger partial charge in [-0.3, -0.25) is 9.67 Å². The first-order valence-corrected chi connectivity index (χ1v) is 9.22. The minimum absolute atomic E-state index is 0.589. The largest absolute Gasteiger partial charge is 0.478 e. The Labute approximate surface area is 156 Å². The predicted molar refractivity (Wildman–Crippen MR) is 102 cm³/mol. The molecule has 0 radical (unpaired) electrons. The van der Waals surface area contributed by atoms with Crippen molar-refractivity contribution in [3.05, 3.63) is 54.5 Å². The summed E-state index contributed by atoms with van der Waals surface area (Å²) in [5.41, 5.74) is 2.20. The third-order valence-electron chi connectivity index (χ3n) is 4.78. The van der Waals surface area contributed by atoms with Gasteiger partial charge in [0.25, 0.3) is 0 Å². The van der Waals surface area contributed by atoms with Crippen LogP contribution in [0.1, 0.15) is 37.2 Å². The third kappa shape index (κ3) is 3.14. The standard InChI is InChI=1S/C19H21N7O/c1-2-27-19-9-14(5-6-21-19)25-11-17-20-7-8-26(17)18(12-25)22-16-10-15(23-24-16)13-3-4-13/h5-10,12-13H,2-4,11H2,1H3,(H2,22,23,24). The molecule has 2 aliphatic rings. The molecule has 3 aromatic heterocycles. The van der Waals surface area contributed by atoms with E-state index in [1.54, 1.807) is 6.20 Å². The van der Waals surface area contributed by atoms with E-state index in [-0.39, 0.29) is 0 Å². The van der Waals surface area contributed by atoms with Crippen molar-refractivity contribution in [1.29, 1.82) is 0 Å². The molecule has 0 bridgehead atoms. The van der Waals surface area contributed by atoms with E-state index in [0.29, 0.717) is 24.9 Å². The van der Waals surface area contributed by atoms with Gasteiger partial charge in [0.15, 0.2) is 5.82 Å². The van der Waals surface area contributed by atoms with Gasteiger partial charge in [-0.2, -0.15) is 5.10 Å². The summed E-state index contributed by atoms with van der Waals surface area (Å²) < 4.78 is 7.58. The predicted octanol–water partition coefficient (Wildman–Crippen LogP) is 3.17. The van der Waals surface area contributed by atoms with Crippen LogP contribution in [0.4, 0.5) is 11.5 Å². The number of fused-ring (bicyclic) bond motifs is 1. The van der Waals surface area contributed by atoms with E-state index in [1.165, 1.54) is 18.5 Å². The summed E-state index contributed by atoms with van der Waals surface area (Å²) in [6, 6.07) is 6.00. The number of nitrogens with one attached hydrogen (secondary N) is 2. The molecule has 0 amide bonds. The smallest absolute Gasteiger partial charge is 0.215 e. The van der Waals surface area contributed by atoms with Crippen LogP contribution in [0.3, 0.4) is 0 Å². The van der Waals surface area contributed by atoms with Gasteiger partial charge >= 0.3 is 0 Å². The number of aromatic nitrogens is 5. The lowest BCUT2D eigenvalue weighted by Crippen LogP contribution is -2.27. The molecular weight excluding hydrogens is 342 g/mol. The Morgan fingerprint density at radius 1 is 1.26 bits per heavy atom. The molecule has 1 fully saturated rings. The number of nitrogens with zero attached hydrogens (tertiary/aromatic N) is 5. The van der Waals surface area contributed by atoms with E-state index in [9.17, 15) is 0 Å². The molecule has 0 aromatic carbocycles. The van der Waals surface area contributed by atoms with Crippen LogP contribution >= 0.6 is 0 Å². The summed E-state index contributed by atoms with van der Waals surface area (Å²) in [5, 5.41) is 11.0. The Kier molecular flexibility index (Phi) is 3.81. The van der Waals surface area contributed by atoms with Gasteiger partial charge in [-0.05, 0) is 25.8 Å². The first kappa shape index (κ1) is 15.9. The second-order valence-electron chi connectivity index (χ2n) is 6.75. The number of pyridine rings is 1. The molecule has 0 unspecified atom stereocenters. The van der Waals surface area contributed by atoms with E-state index in [2.05, 4.69) is 42.6 Å². The summed E-state index contributed by atoms with van der Waals surface area (Å²) in [6.07, 6.45) is 10.1.